The molecule has 0 aromatic carbocycles. The van der Waals surface area contributed by atoms with Crippen molar-refractivity contribution in [1.82, 2.24) is 4.98 Å². The molecule has 1 heterocycles. The summed E-state index contributed by atoms with van der Waals surface area (Å²) in [6, 6.07) is 1.87. The highest BCUT2D eigenvalue weighted by Gasteiger charge is 2.36. The minimum Gasteiger partial charge on any atom is -0.251 e. The van der Waals surface area contributed by atoms with Crippen molar-refractivity contribution < 1.29 is 22.0 Å². The Labute approximate surface area is 108 Å². The van der Waals surface area contributed by atoms with Gasteiger partial charge in [0.15, 0.2) is 0 Å². The molecule has 98 valence electrons. The molecule has 0 atom stereocenters. The van der Waals surface area contributed by atoms with E-state index >= 15 is 0 Å². The zero-order valence-corrected chi connectivity index (χ0v) is 10.3. The largest absolute Gasteiger partial charge is 0.416 e. The molecule has 0 radical (unpaired) electrons. The maximum atomic E-state index is 12.7. The smallest absolute Gasteiger partial charge is 0.251 e. The van der Waals surface area contributed by atoms with Gasteiger partial charge in [-0.05, 0) is 6.07 Å². The Morgan fingerprint density at radius 2 is 2.00 bits per heavy atom. The SMILES string of the molecule is N#CCc1c(C(F)(F)F)cc(C(F)F)nc1CBr. The van der Waals surface area contributed by atoms with Gasteiger partial charge >= 0.3 is 6.18 Å². The van der Waals surface area contributed by atoms with E-state index in [2.05, 4.69) is 20.9 Å². The van der Waals surface area contributed by atoms with Gasteiger partial charge in [0, 0.05) is 10.9 Å². The van der Waals surface area contributed by atoms with Crippen molar-refractivity contribution >= 4 is 15.9 Å². The van der Waals surface area contributed by atoms with E-state index in [0.717, 1.165) is 0 Å². The minimum absolute atomic E-state index is 0.131. The number of hydrogen-bond acceptors (Lipinski definition) is 2. The molecular weight excluding hydrogens is 323 g/mol. The molecule has 0 saturated heterocycles. The summed E-state index contributed by atoms with van der Waals surface area (Å²) in [6.07, 6.45) is -8.43. The van der Waals surface area contributed by atoms with E-state index in [4.69, 9.17) is 5.26 Å². The molecule has 18 heavy (non-hydrogen) atoms. The first kappa shape index (κ1) is 14.8. The Balaban J connectivity index is 3.53. The van der Waals surface area contributed by atoms with Crippen LogP contribution in [0.3, 0.4) is 0 Å². The molecule has 0 N–H and O–H groups in total. The summed E-state index contributed by atoms with van der Waals surface area (Å²) in [5, 5.41) is 8.37. The first-order chi connectivity index (χ1) is 8.31. The molecule has 0 saturated carbocycles. The maximum absolute atomic E-state index is 12.7. The average molecular weight is 329 g/mol. The fraction of sp³-hybridized carbons (Fsp3) is 0.400. The second-order valence-electron chi connectivity index (χ2n) is 3.29. The van der Waals surface area contributed by atoms with Crippen molar-refractivity contribution in [2.24, 2.45) is 0 Å². The van der Waals surface area contributed by atoms with Crippen molar-refractivity contribution in [1.29, 1.82) is 5.26 Å². The van der Waals surface area contributed by atoms with E-state index < -0.39 is 30.3 Å². The van der Waals surface area contributed by atoms with E-state index in [1.807, 2.05) is 0 Å². The highest BCUT2D eigenvalue weighted by Crippen LogP contribution is 2.35. The fourth-order valence-electron chi connectivity index (χ4n) is 1.40. The van der Waals surface area contributed by atoms with Crippen LogP contribution in [0.1, 0.15) is 28.9 Å². The second kappa shape index (κ2) is 5.61. The van der Waals surface area contributed by atoms with Crippen LogP contribution in [0.4, 0.5) is 22.0 Å². The molecule has 2 nitrogen and oxygen atoms in total. The third-order valence-corrected chi connectivity index (χ3v) is 2.67. The van der Waals surface area contributed by atoms with Gasteiger partial charge in [-0.3, -0.25) is 4.98 Å². The van der Waals surface area contributed by atoms with E-state index in [0.29, 0.717) is 6.07 Å². The predicted molar refractivity (Wildman–Crippen MR) is 56.1 cm³/mol. The van der Waals surface area contributed by atoms with Crippen molar-refractivity contribution in [3.63, 3.8) is 0 Å². The van der Waals surface area contributed by atoms with Crippen LogP contribution >= 0.6 is 15.9 Å². The Bertz CT molecular complexity index is 478. The fourth-order valence-corrected chi connectivity index (χ4v) is 1.86. The predicted octanol–water partition coefficient (Wildman–Crippen LogP) is 4.00. The van der Waals surface area contributed by atoms with Gasteiger partial charge in [0.1, 0.15) is 5.69 Å². The van der Waals surface area contributed by atoms with Crippen LogP contribution in [0.2, 0.25) is 0 Å². The maximum Gasteiger partial charge on any atom is 0.416 e. The number of hydrogen-bond donors (Lipinski definition) is 0. The lowest BCUT2D eigenvalue weighted by atomic mass is 10.0. The molecule has 0 aliphatic heterocycles. The molecule has 0 fully saturated rings. The van der Waals surface area contributed by atoms with Crippen LogP contribution < -0.4 is 0 Å². The molecular formula is C10H6BrF5N2. The topological polar surface area (TPSA) is 36.7 Å². The molecule has 1 rings (SSSR count). The lowest BCUT2D eigenvalue weighted by Gasteiger charge is -2.15. The lowest BCUT2D eigenvalue weighted by molar-refractivity contribution is -0.138. The van der Waals surface area contributed by atoms with Crippen molar-refractivity contribution in [2.75, 3.05) is 0 Å². The molecule has 0 amide bonds. The van der Waals surface area contributed by atoms with Gasteiger partial charge < -0.3 is 0 Å². The first-order valence-corrected chi connectivity index (χ1v) is 5.74. The van der Waals surface area contributed by atoms with E-state index in [-0.39, 0.29) is 16.6 Å². The van der Waals surface area contributed by atoms with Crippen LogP contribution in [-0.2, 0) is 17.9 Å². The third-order valence-electron chi connectivity index (χ3n) is 2.14. The quantitative estimate of drug-likeness (QED) is 0.621. The second-order valence-corrected chi connectivity index (χ2v) is 3.85. The highest BCUT2D eigenvalue weighted by atomic mass is 79.9. The van der Waals surface area contributed by atoms with E-state index in [1.54, 1.807) is 6.07 Å². The van der Waals surface area contributed by atoms with Gasteiger partial charge in [-0.2, -0.15) is 18.4 Å². The average Bonchev–Trinajstić information content (AvgIpc) is 2.27. The summed E-state index contributed by atoms with van der Waals surface area (Å²) in [5.41, 5.74) is -2.74. The zero-order valence-electron chi connectivity index (χ0n) is 8.73. The number of aromatic nitrogens is 1. The van der Waals surface area contributed by atoms with Gasteiger partial charge in [0.25, 0.3) is 6.43 Å². The van der Waals surface area contributed by atoms with Gasteiger partial charge in [0.05, 0.1) is 23.7 Å². The number of rotatable bonds is 3. The van der Waals surface area contributed by atoms with Crippen LogP contribution in [-0.4, -0.2) is 4.98 Å². The normalized spacial score (nSPS) is 11.7. The zero-order chi connectivity index (χ0) is 13.9. The first-order valence-electron chi connectivity index (χ1n) is 4.62. The minimum atomic E-state index is -4.80. The number of halogens is 6. The van der Waals surface area contributed by atoms with Crippen molar-refractivity contribution in [3.8, 4) is 6.07 Å². The number of nitrogens with zero attached hydrogens (tertiary/aromatic N) is 2. The summed E-state index contributed by atoms with van der Waals surface area (Å²) in [5.74, 6) is 0. The molecule has 0 unspecified atom stereocenters. The Kier molecular flexibility index (Phi) is 4.62. The standard InChI is InChI=1S/C10H6BrF5N2/c11-4-8-5(1-2-17)6(10(14,15)16)3-7(18-8)9(12)13/h3,9H,1,4H2. The number of nitriles is 1. The van der Waals surface area contributed by atoms with E-state index in [9.17, 15) is 22.0 Å². The summed E-state index contributed by atoms with van der Waals surface area (Å²) >= 11 is 2.88. The summed E-state index contributed by atoms with van der Waals surface area (Å²) in [6.45, 7) is 0. The van der Waals surface area contributed by atoms with Crippen LogP contribution in [0.15, 0.2) is 6.07 Å². The number of alkyl halides is 6. The van der Waals surface area contributed by atoms with Gasteiger partial charge in [0.2, 0.25) is 0 Å². The lowest BCUT2D eigenvalue weighted by Crippen LogP contribution is -2.14. The molecule has 0 aliphatic rings. The summed E-state index contributed by atoms with van der Waals surface area (Å²) in [4.78, 5) is 3.44. The van der Waals surface area contributed by atoms with Crippen molar-refractivity contribution in [3.05, 3.63) is 28.6 Å². The van der Waals surface area contributed by atoms with Crippen LogP contribution in [0, 0.1) is 11.3 Å². The molecule has 0 aliphatic carbocycles. The van der Waals surface area contributed by atoms with E-state index in [1.165, 1.54) is 0 Å². The van der Waals surface area contributed by atoms with Gasteiger partial charge in [-0.25, -0.2) is 8.78 Å². The summed E-state index contributed by atoms with van der Waals surface area (Å²) in [7, 11) is 0. The van der Waals surface area contributed by atoms with Crippen molar-refractivity contribution in [2.45, 2.75) is 24.4 Å². The Morgan fingerprint density at radius 1 is 1.39 bits per heavy atom. The molecule has 1 aromatic rings. The van der Waals surface area contributed by atoms with Gasteiger partial charge in [-0.1, -0.05) is 15.9 Å². The summed E-state index contributed by atoms with van der Waals surface area (Å²) < 4.78 is 63.1. The Morgan fingerprint density at radius 3 is 2.39 bits per heavy atom. The highest BCUT2D eigenvalue weighted by molar-refractivity contribution is 9.08. The van der Waals surface area contributed by atoms with Crippen LogP contribution in [0.5, 0.6) is 0 Å². The molecule has 1 aromatic heterocycles. The monoisotopic (exact) mass is 328 g/mol. The molecule has 8 heteroatoms. The Hall–Kier alpha value is -1.23. The molecule has 0 spiro atoms. The van der Waals surface area contributed by atoms with Gasteiger partial charge in [-0.15, -0.1) is 0 Å². The third kappa shape index (κ3) is 3.16. The number of pyridine rings is 1. The van der Waals surface area contributed by atoms with Crippen LogP contribution in [0.25, 0.3) is 0 Å². The molecule has 0 bridgehead atoms.